The minimum absolute atomic E-state index is 0. The quantitative estimate of drug-likeness (QED) is 0.272. The Hall–Kier alpha value is -2.19. The van der Waals surface area contributed by atoms with Gasteiger partial charge < -0.3 is 15.4 Å². The highest BCUT2D eigenvalue weighted by Crippen LogP contribution is 2.15. The van der Waals surface area contributed by atoms with Gasteiger partial charge in [0.1, 0.15) is 0 Å². The minimum atomic E-state index is 0. The summed E-state index contributed by atoms with van der Waals surface area (Å²) in [4.78, 5) is 8.73. The van der Waals surface area contributed by atoms with E-state index in [4.69, 9.17) is 4.74 Å². The number of halogens is 1. The van der Waals surface area contributed by atoms with Gasteiger partial charge in [0.05, 0.1) is 18.7 Å². The Labute approximate surface area is 190 Å². The van der Waals surface area contributed by atoms with Crippen LogP contribution in [-0.2, 0) is 17.9 Å². The van der Waals surface area contributed by atoms with Crippen LogP contribution < -0.4 is 10.6 Å². The summed E-state index contributed by atoms with van der Waals surface area (Å²) in [7, 11) is 1.79. The summed E-state index contributed by atoms with van der Waals surface area (Å²) in [6, 6.07) is 20.5. The molecule has 1 aromatic heterocycles. The van der Waals surface area contributed by atoms with Crippen molar-refractivity contribution in [3.05, 3.63) is 78.0 Å². The molecular formula is C23H29IN4O. The number of hydrogen-bond donors (Lipinski definition) is 2. The number of nitrogens with zero attached hydrogens (tertiary/aromatic N) is 2. The standard InChI is InChI=1S/C23H28N4O.HI/c1-18(16-28-17-19-8-4-3-5-9-19)14-26-23(24-2)27-15-20-12-13-25-22-11-7-6-10-21(20)22;/h3-13,18H,14-17H2,1-2H3,(H2,24,26,27);1H. The molecule has 2 N–H and O–H groups in total. The summed E-state index contributed by atoms with van der Waals surface area (Å²) in [6.45, 7) is 5.01. The van der Waals surface area contributed by atoms with Crippen LogP contribution >= 0.6 is 24.0 Å². The minimum Gasteiger partial charge on any atom is -0.376 e. The van der Waals surface area contributed by atoms with Crippen molar-refractivity contribution >= 4 is 40.8 Å². The highest BCUT2D eigenvalue weighted by Gasteiger charge is 2.06. The van der Waals surface area contributed by atoms with Crippen LogP contribution in [0.25, 0.3) is 10.9 Å². The van der Waals surface area contributed by atoms with Crippen molar-refractivity contribution in [3.8, 4) is 0 Å². The topological polar surface area (TPSA) is 58.5 Å². The van der Waals surface area contributed by atoms with E-state index in [1.165, 1.54) is 11.1 Å². The first kappa shape index (κ1) is 23.1. The average Bonchev–Trinajstić information content (AvgIpc) is 2.74. The third-order valence-corrected chi connectivity index (χ3v) is 4.54. The lowest BCUT2D eigenvalue weighted by Gasteiger charge is -2.17. The van der Waals surface area contributed by atoms with Gasteiger partial charge in [-0.1, -0.05) is 55.5 Å². The number of benzene rings is 2. The number of aliphatic imine (C=N–C) groups is 1. The monoisotopic (exact) mass is 504 g/mol. The van der Waals surface area contributed by atoms with Crippen molar-refractivity contribution in [2.24, 2.45) is 10.9 Å². The fourth-order valence-corrected chi connectivity index (χ4v) is 2.99. The second-order valence-corrected chi connectivity index (χ2v) is 6.90. The van der Waals surface area contributed by atoms with E-state index in [9.17, 15) is 0 Å². The van der Waals surface area contributed by atoms with Gasteiger partial charge in [-0.2, -0.15) is 0 Å². The number of guanidine groups is 1. The molecule has 1 heterocycles. The van der Waals surface area contributed by atoms with Crippen molar-refractivity contribution < 1.29 is 4.74 Å². The van der Waals surface area contributed by atoms with E-state index in [-0.39, 0.29) is 24.0 Å². The highest BCUT2D eigenvalue weighted by atomic mass is 127. The predicted molar refractivity (Wildman–Crippen MR) is 131 cm³/mol. The van der Waals surface area contributed by atoms with E-state index in [2.05, 4.69) is 45.7 Å². The second kappa shape index (κ2) is 12.4. The lowest BCUT2D eigenvalue weighted by Crippen LogP contribution is -2.39. The fraction of sp³-hybridized carbons (Fsp3) is 0.304. The van der Waals surface area contributed by atoms with E-state index < -0.39 is 0 Å². The Morgan fingerprint density at radius 2 is 1.79 bits per heavy atom. The zero-order valence-electron chi connectivity index (χ0n) is 17.0. The van der Waals surface area contributed by atoms with Crippen LogP contribution in [0.2, 0.25) is 0 Å². The SMILES string of the molecule is CN=C(NCc1ccnc2ccccc12)NCC(C)COCc1ccccc1.I. The van der Waals surface area contributed by atoms with Crippen LogP contribution in [-0.4, -0.2) is 31.1 Å². The van der Waals surface area contributed by atoms with E-state index in [0.29, 0.717) is 25.7 Å². The van der Waals surface area contributed by atoms with Gasteiger partial charge in [0.2, 0.25) is 0 Å². The third kappa shape index (κ3) is 7.29. The molecule has 0 amide bonds. The molecule has 1 unspecified atom stereocenters. The number of pyridine rings is 1. The van der Waals surface area contributed by atoms with Gasteiger partial charge >= 0.3 is 0 Å². The second-order valence-electron chi connectivity index (χ2n) is 6.90. The maximum Gasteiger partial charge on any atom is 0.191 e. The summed E-state index contributed by atoms with van der Waals surface area (Å²) in [5.74, 6) is 1.17. The third-order valence-electron chi connectivity index (χ3n) is 4.54. The number of rotatable bonds is 8. The Bertz CT molecular complexity index is 896. The van der Waals surface area contributed by atoms with Crippen molar-refractivity contribution in [2.45, 2.75) is 20.1 Å². The van der Waals surface area contributed by atoms with Crippen LogP contribution in [0.3, 0.4) is 0 Å². The molecule has 0 bridgehead atoms. The molecule has 0 saturated heterocycles. The normalized spacial score (nSPS) is 12.3. The Kier molecular flexibility index (Phi) is 9.87. The molecule has 0 fully saturated rings. The number of aromatic nitrogens is 1. The van der Waals surface area contributed by atoms with Crippen molar-refractivity contribution in [2.75, 3.05) is 20.2 Å². The number of para-hydroxylation sites is 1. The summed E-state index contributed by atoms with van der Waals surface area (Å²) >= 11 is 0. The van der Waals surface area contributed by atoms with Crippen LogP contribution in [0.4, 0.5) is 0 Å². The van der Waals surface area contributed by atoms with E-state index in [0.717, 1.165) is 23.4 Å². The largest absolute Gasteiger partial charge is 0.376 e. The van der Waals surface area contributed by atoms with Gasteiger partial charge in [0.15, 0.2) is 5.96 Å². The van der Waals surface area contributed by atoms with Gasteiger partial charge in [-0.25, -0.2) is 0 Å². The maximum atomic E-state index is 5.82. The molecule has 2 aromatic carbocycles. The molecule has 6 heteroatoms. The molecule has 29 heavy (non-hydrogen) atoms. The molecule has 3 aromatic rings. The van der Waals surface area contributed by atoms with Crippen molar-refractivity contribution in [1.29, 1.82) is 0 Å². The molecule has 1 atom stereocenters. The summed E-state index contributed by atoms with van der Waals surface area (Å²) in [5.41, 5.74) is 3.41. The predicted octanol–water partition coefficient (Wildman–Crippen LogP) is 4.37. The molecule has 0 saturated carbocycles. The van der Waals surface area contributed by atoms with Gasteiger partial charge in [0.25, 0.3) is 0 Å². The summed E-state index contributed by atoms with van der Waals surface area (Å²) in [5, 5.41) is 7.93. The van der Waals surface area contributed by atoms with Crippen LogP contribution in [0.15, 0.2) is 71.9 Å². The zero-order chi connectivity index (χ0) is 19.6. The lowest BCUT2D eigenvalue weighted by atomic mass is 10.1. The first-order valence-electron chi connectivity index (χ1n) is 9.65. The van der Waals surface area contributed by atoms with Crippen molar-refractivity contribution in [3.63, 3.8) is 0 Å². The Balaban J connectivity index is 0.00000300. The Morgan fingerprint density at radius 3 is 2.59 bits per heavy atom. The molecule has 154 valence electrons. The van der Waals surface area contributed by atoms with E-state index in [1.807, 2.05) is 48.7 Å². The summed E-state index contributed by atoms with van der Waals surface area (Å²) in [6.07, 6.45) is 1.85. The lowest BCUT2D eigenvalue weighted by molar-refractivity contribution is 0.0931. The molecular weight excluding hydrogens is 475 g/mol. The number of nitrogens with one attached hydrogen (secondary N) is 2. The van der Waals surface area contributed by atoms with Crippen molar-refractivity contribution in [1.82, 2.24) is 15.6 Å². The van der Waals surface area contributed by atoms with E-state index >= 15 is 0 Å². The average molecular weight is 504 g/mol. The van der Waals surface area contributed by atoms with Gasteiger partial charge in [-0.15, -0.1) is 24.0 Å². The van der Waals surface area contributed by atoms with E-state index in [1.54, 1.807) is 7.05 Å². The fourth-order valence-electron chi connectivity index (χ4n) is 2.99. The number of fused-ring (bicyclic) bond motifs is 1. The first-order valence-corrected chi connectivity index (χ1v) is 9.65. The zero-order valence-corrected chi connectivity index (χ0v) is 19.3. The molecule has 0 aliphatic heterocycles. The number of hydrogen-bond acceptors (Lipinski definition) is 3. The number of ether oxygens (including phenoxy) is 1. The Morgan fingerprint density at radius 1 is 1.03 bits per heavy atom. The van der Waals surface area contributed by atoms with Gasteiger partial charge in [0, 0.05) is 31.7 Å². The maximum absolute atomic E-state index is 5.82. The first-order chi connectivity index (χ1) is 13.8. The molecule has 0 spiro atoms. The van der Waals surface area contributed by atoms with Crippen LogP contribution in [0, 0.1) is 5.92 Å². The molecule has 5 nitrogen and oxygen atoms in total. The van der Waals surface area contributed by atoms with Gasteiger partial charge in [-0.05, 0) is 29.2 Å². The smallest absolute Gasteiger partial charge is 0.191 e. The molecule has 3 rings (SSSR count). The summed E-state index contributed by atoms with van der Waals surface area (Å²) < 4.78 is 5.82. The van der Waals surface area contributed by atoms with Gasteiger partial charge in [-0.3, -0.25) is 9.98 Å². The van der Waals surface area contributed by atoms with Crippen LogP contribution in [0.5, 0.6) is 0 Å². The van der Waals surface area contributed by atoms with Crippen LogP contribution in [0.1, 0.15) is 18.1 Å². The molecule has 0 aliphatic rings. The molecule has 0 aliphatic carbocycles. The molecule has 0 radical (unpaired) electrons. The highest BCUT2D eigenvalue weighted by molar-refractivity contribution is 14.0.